The average Bonchev–Trinajstić information content (AvgIpc) is 2.35. The van der Waals surface area contributed by atoms with Gasteiger partial charge in [-0.25, -0.2) is 0 Å². The van der Waals surface area contributed by atoms with Gasteiger partial charge >= 0.3 is 0 Å². The molecule has 0 saturated heterocycles. The Kier molecular flexibility index (Phi) is 7.01. The topological polar surface area (TPSA) is 82.3 Å². The lowest BCUT2D eigenvalue weighted by Crippen LogP contribution is -2.07. The zero-order valence-corrected chi connectivity index (χ0v) is 10.2. The van der Waals surface area contributed by atoms with E-state index in [1.807, 2.05) is 6.07 Å². The number of anilines is 2. The summed E-state index contributed by atoms with van der Waals surface area (Å²) in [5.74, 6) is 1.18. The van der Waals surface area contributed by atoms with Crippen LogP contribution in [0.3, 0.4) is 0 Å². The molecule has 96 valence electrons. The first-order valence-electron chi connectivity index (χ1n) is 5.72. The Morgan fingerprint density at radius 1 is 1.18 bits per heavy atom. The van der Waals surface area contributed by atoms with E-state index >= 15 is 0 Å². The predicted octanol–water partition coefficient (Wildman–Crippen LogP) is 0.914. The number of aromatic nitrogens is 2. The third-order valence-electron chi connectivity index (χ3n) is 2.14. The fourth-order valence-corrected chi connectivity index (χ4v) is 1.23. The minimum absolute atomic E-state index is 0.432. The van der Waals surface area contributed by atoms with Crippen LogP contribution in [0, 0.1) is 0 Å². The van der Waals surface area contributed by atoms with Crippen LogP contribution in [0.2, 0.25) is 0 Å². The summed E-state index contributed by atoms with van der Waals surface area (Å²) < 4.78 is 10.2. The zero-order chi connectivity index (χ0) is 12.3. The molecule has 0 aliphatic rings. The number of nitrogens with two attached hydrogens (primary N) is 1. The molecule has 6 nitrogen and oxygen atoms in total. The lowest BCUT2D eigenvalue weighted by molar-refractivity contribution is 0.0691. The van der Waals surface area contributed by atoms with Crippen molar-refractivity contribution in [2.45, 2.75) is 12.8 Å². The first-order chi connectivity index (χ1) is 8.33. The van der Waals surface area contributed by atoms with Crippen molar-refractivity contribution in [2.75, 3.05) is 44.5 Å². The van der Waals surface area contributed by atoms with Gasteiger partial charge in [0.25, 0.3) is 0 Å². The van der Waals surface area contributed by atoms with E-state index < -0.39 is 0 Å². The molecule has 0 aliphatic heterocycles. The van der Waals surface area contributed by atoms with E-state index in [1.54, 1.807) is 13.2 Å². The first-order valence-corrected chi connectivity index (χ1v) is 5.72. The predicted molar refractivity (Wildman–Crippen MR) is 66.9 cm³/mol. The normalized spacial score (nSPS) is 10.4. The summed E-state index contributed by atoms with van der Waals surface area (Å²) in [4.78, 5) is 0. The molecular weight excluding hydrogens is 220 g/mol. The second kappa shape index (κ2) is 8.72. The van der Waals surface area contributed by atoms with Gasteiger partial charge in [-0.15, -0.1) is 10.2 Å². The highest BCUT2D eigenvalue weighted by molar-refractivity contribution is 5.38. The quantitative estimate of drug-likeness (QED) is 0.624. The standard InChI is InChI=1S/C11H20N4O2/c1-16-8-9-17-7-3-2-6-13-11-5-4-10(12)14-15-11/h4-5H,2-3,6-9H2,1H3,(H2,12,14)(H,13,15). The molecule has 0 unspecified atom stereocenters. The van der Waals surface area contributed by atoms with Gasteiger partial charge in [0.1, 0.15) is 11.6 Å². The summed E-state index contributed by atoms with van der Waals surface area (Å²) in [6.45, 7) is 2.93. The molecule has 1 heterocycles. The number of nitrogens with one attached hydrogen (secondary N) is 1. The summed E-state index contributed by atoms with van der Waals surface area (Å²) in [5.41, 5.74) is 5.43. The Morgan fingerprint density at radius 2 is 2.06 bits per heavy atom. The summed E-state index contributed by atoms with van der Waals surface area (Å²) in [6.07, 6.45) is 2.04. The Morgan fingerprint density at radius 3 is 2.76 bits per heavy atom. The highest BCUT2D eigenvalue weighted by Gasteiger charge is 1.94. The number of ether oxygens (including phenoxy) is 2. The molecule has 17 heavy (non-hydrogen) atoms. The number of rotatable bonds is 9. The molecule has 0 aromatic carbocycles. The van der Waals surface area contributed by atoms with Crippen LogP contribution in [0.25, 0.3) is 0 Å². The Labute approximate surface area is 102 Å². The van der Waals surface area contributed by atoms with Gasteiger partial charge in [0.2, 0.25) is 0 Å². The van der Waals surface area contributed by atoms with E-state index in [0.29, 0.717) is 19.0 Å². The van der Waals surface area contributed by atoms with E-state index in [0.717, 1.165) is 31.8 Å². The van der Waals surface area contributed by atoms with Crippen molar-refractivity contribution < 1.29 is 9.47 Å². The second-order valence-electron chi connectivity index (χ2n) is 3.58. The van der Waals surface area contributed by atoms with E-state index in [9.17, 15) is 0 Å². The molecule has 0 atom stereocenters. The van der Waals surface area contributed by atoms with Crippen LogP contribution in [0.15, 0.2) is 12.1 Å². The van der Waals surface area contributed by atoms with Crippen molar-refractivity contribution >= 4 is 11.6 Å². The fourth-order valence-electron chi connectivity index (χ4n) is 1.23. The van der Waals surface area contributed by atoms with E-state index in [-0.39, 0.29) is 0 Å². The van der Waals surface area contributed by atoms with Crippen molar-refractivity contribution in [3.63, 3.8) is 0 Å². The largest absolute Gasteiger partial charge is 0.382 e. The minimum atomic E-state index is 0.432. The third kappa shape index (κ3) is 6.70. The third-order valence-corrected chi connectivity index (χ3v) is 2.14. The molecule has 1 aromatic heterocycles. The van der Waals surface area contributed by atoms with Crippen molar-refractivity contribution in [3.8, 4) is 0 Å². The van der Waals surface area contributed by atoms with E-state index in [1.165, 1.54) is 0 Å². The number of hydrogen-bond donors (Lipinski definition) is 2. The highest BCUT2D eigenvalue weighted by Crippen LogP contribution is 2.02. The molecule has 3 N–H and O–H groups in total. The number of methoxy groups -OCH3 is 1. The SMILES string of the molecule is COCCOCCCCNc1ccc(N)nn1. The monoisotopic (exact) mass is 240 g/mol. The van der Waals surface area contributed by atoms with Crippen LogP contribution in [0.4, 0.5) is 11.6 Å². The van der Waals surface area contributed by atoms with Crippen LogP contribution >= 0.6 is 0 Å². The summed E-state index contributed by atoms with van der Waals surface area (Å²) in [6, 6.07) is 3.54. The van der Waals surface area contributed by atoms with Gasteiger partial charge in [0, 0.05) is 20.3 Å². The van der Waals surface area contributed by atoms with Gasteiger partial charge in [-0.05, 0) is 25.0 Å². The van der Waals surface area contributed by atoms with E-state index in [2.05, 4.69) is 15.5 Å². The van der Waals surface area contributed by atoms with Gasteiger partial charge in [-0.2, -0.15) is 0 Å². The van der Waals surface area contributed by atoms with E-state index in [4.69, 9.17) is 15.2 Å². The Bertz CT molecular complexity index is 292. The maximum atomic E-state index is 5.43. The molecule has 0 aliphatic carbocycles. The Balaban J connectivity index is 1.95. The van der Waals surface area contributed by atoms with Crippen molar-refractivity contribution in [1.29, 1.82) is 0 Å². The van der Waals surface area contributed by atoms with Crippen LogP contribution in [0.1, 0.15) is 12.8 Å². The average molecular weight is 240 g/mol. The number of unbranched alkanes of at least 4 members (excludes halogenated alkanes) is 1. The molecule has 1 aromatic rings. The van der Waals surface area contributed by atoms with Gasteiger partial charge in [-0.3, -0.25) is 0 Å². The first kappa shape index (κ1) is 13.7. The smallest absolute Gasteiger partial charge is 0.148 e. The van der Waals surface area contributed by atoms with Gasteiger partial charge in [0.05, 0.1) is 13.2 Å². The van der Waals surface area contributed by atoms with Gasteiger partial charge < -0.3 is 20.5 Å². The number of nitrogen functional groups attached to an aromatic ring is 1. The lowest BCUT2D eigenvalue weighted by atomic mass is 10.3. The maximum Gasteiger partial charge on any atom is 0.148 e. The second-order valence-corrected chi connectivity index (χ2v) is 3.58. The minimum Gasteiger partial charge on any atom is -0.382 e. The Hall–Kier alpha value is -1.40. The lowest BCUT2D eigenvalue weighted by Gasteiger charge is -2.05. The van der Waals surface area contributed by atoms with Crippen LogP contribution in [0.5, 0.6) is 0 Å². The molecule has 0 spiro atoms. The highest BCUT2D eigenvalue weighted by atomic mass is 16.5. The maximum absolute atomic E-state index is 5.43. The summed E-state index contributed by atoms with van der Waals surface area (Å²) in [5, 5.41) is 10.8. The van der Waals surface area contributed by atoms with Gasteiger partial charge in [-0.1, -0.05) is 0 Å². The molecule has 0 bridgehead atoms. The summed E-state index contributed by atoms with van der Waals surface area (Å²) >= 11 is 0. The molecule has 0 saturated carbocycles. The number of nitrogens with zero attached hydrogens (tertiary/aromatic N) is 2. The van der Waals surface area contributed by atoms with Gasteiger partial charge in [0.15, 0.2) is 0 Å². The van der Waals surface area contributed by atoms with Crippen molar-refractivity contribution in [3.05, 3.63) is 12.1 Å². The summed E-state index contributed by atoms with van der Waals surface area (Å²) in [7, 11) is 1.67. The number of hydrogen-bond acceptors (Lipinski definition) is 6. The van der Waals surface area contributed by atoms with Crippen LogP contribution in [-0.4, -0.2) is 43.7 Å². The van der Waals surface area contributed by atoms with Crippen LogP contribution < -0.4 is 11.1 Å². The fraction of sp³-hybridized carbons (Fsp3) is 0.636. The molecular formula is C11H20N4O2. The van der Waals surface area contributed by atoms with Crippen LogP contribution in [-0.2, 0) is 9.47 Å². The zero-order valence-electron chi connectivity index (χ0n) is 10.2. The molecule has 0 fully saturated rings. The van der Waals surface area contributed by atoms with Crippen molar-refractivity contribution in [1.82, 2.24) is 10.2 Å². The molecule has 0 radical (unpaired) electrons. The van der Waals surface area contributed by atoms with Crippen molar-refractivity contribution in [2.24, 2.45) is 0 Å². The molecule has 6 heteroatoms. The molecule has 1 rings (SSSR count). The molecule has 0 amide bonds.